The van der Waals surface area contributed by atoms with Crippen LogP contribution in [0.15, 0.2) is 36.5 Å². The third kappa shape index (κ3) is 3.11. The molecule has 0 bridgehead atoms. The maximum absolute atomic E-state index is 9.94. The van der Waals surface area contributed by atoms with Crippen LogP contribution >= 0.6 is 11.6 Å². The van der Waals surface area contributed by atoms with Crippen LogP contribution in [0.25, 0.3) is 11.6 Å². The minimum Gasteiger partial charge on any atom is -0.392 e. The molecule has 2 heterocycles. The fraction of sp³-hybridized carbons (Fsp3) is 0.350. The van der Waals surface area contributed by atoms with Crippen molar-refractivity contribution in [1.82, 2.24) is 14.8 Å². The van der Waals surface area contributed by atoms with E-state index in [9.17, 15) is 5.11 Å². The zero-order valence-electron chi connectivity index (χ0n) is 14.3. The number of piperazine rings is 1. The highest BCUT2D eigenvalue weighted by Crippen LogP contribution is 2.39. The van der Waals surface area contributed by atoms with E-state index in [0.29, 0.717) is 5.02 Å². The molecule has 1 aliphatic heterocycles. The highest BCUT2D eigenvalue weighted by atomic mass is 35.5. The molecule has 1 aromatic carbocycles. The van der Waals surface area contributed by atoms with Crippen LogP contribution in [0, 0.1) is 0 Å². The van der Waals surface area contributed by atoms with Crippen molar-refractivity contribution in [2.24, 2.45) is 0 Å². The molecule has 5 heteroatoms. The van der Waals surface area contributed by atoms with Crippen LogP contribution in [0.2, 0.25) is 5.02 Å². The molecule has 1 N–H and O–H groups in total. The highest BCUT2D eigenvalue weighted by molar-refractivity contribution is 6.30. The van der Waals surface area contributed by atoms with Crippen molar-refractivity contribution in [3.05, 3.63) is 63.9 Å². The summed E-state index contributed by atoms with van der Waals surface area (Å²) in [4.78, 5) is 9.58. The molecule has 1 aromatic heterocycles. The number of hydrogen-bond donors (Lipinski definition) is 1. The second-order valence-electron chi connectivity index (χ2n) is 6.78. The standard InChI is InChI=1S/C20H22ClN3O/c1-23-7-9-24(10-8-23)20-18-5-4-16(21)12-14(18)11-15(13-25)17-3-2-6-22-19(17)20/h2-6,11-12,20,25H,7-10,13H2,1H3. The molecule has 2 aromatic rings. The molecule has 0 radical (unpaired) electrons. The third-order valence-corrected chi connectivity index (χ3v) is 5.43. The van der Waals surface area contributed by atoms with Gasteiger partial charge in [-0.15, -0.1) is 0 Å². The SMILES string of the molecule is CN1CCN(C2c3ccc(Cl)cc3C=C(CO)c3cccnc32)CC1. The molecule has 4 nitrogen and oxygen atoms in total. The van der Waals surface area contributed by atoms with Crippen LogP contribution in [0.4, 0.5) is 0 Å². The van der Waals surface area contributed by atoms with Crippen molar-refractivity contribution >= 4 is 23.3 Å². The van der Waals surface area contributed by atoms with E-state index in [1.807, 2.05) is 24.4 Å². The Kier molecular flexibility index (Phi) is 4.61. The molecule has 1 atom stereocenters. The van der Waals surface area contributed by atoms with E-state index in [2.05, 4.69) is 35.1 Å². The summed E-state index contributed by atoms with van der Waals surface area (Å²) in [5.41, 5.74) is 5.22. The summed E-state index contributed by atoms with van der Waals surface area (Å²) in [6, 6.07) is 10.1. The second kappa shape index (κ2) is 6.89. The van der Waals surface area contributed by atoms with Gasteiger partial charge in [0, 0.05) is 43.0 Å². The van der Waals surface area contributed by atoms with Gasteiger partial charge in [0.25, 0.3) is 0 Å². The van der Waals surface area contributed by atoms with Gasteiger partial charge in [-0.2, -0.15) is 0 Å². The molecule has 0 spiro atoms. The number of benzene rings is 1. The van der Waals surface area contributed by atoms with Gasteiger partial charge in [-0.05, 0) is 48.0 Å². The van der Waals surface area contributed by atoms with Gasteiger partial charge in [-0.25, -0.2) is 0 Å². The first-order valence-electron chi connectivity index (χ1n) is 8.66. The number of fused-ring (bicyclic) bond motifs is 2. The average Bonchev–Trinajstić information content (AvgIpc) is 2.76. The van der Waals surface area contributed by atoms with E-state index < -0.39 is 0 Å². The molecular weight excluding hydrogens is 334 g/mol. The summed E-state index contributed by atoms with van der Waals surface area (Å²) in [6.07, 6.45) is 3.90. The number of hydrogen-bond acceptors (Lipinski definition) is 4. The Balaban J connectivity index is 1.90. The Labute approximate surface area is 153 Å². The maximum Gasteiger partial charge on any atom is 0.0789 e. The molecule has 1 saturated heterocycles. The molecule has 0 saturated carbocycles. The van der Waals surface area contributed by atoms with Crippen molar-refractivity contribution in [1.29, 1.82) is 0 Å². The average molecular weight is 356 g/mol. The third-order valence-electron chi connectivity index (χ3n) is 5.19. The van der Waals surface area contributed by atoms with Gasteiger partial charge in [0.05, 0.1) is 18.3 Å². The first-order chi connectivity index (χ1) is 12.2. The van der Waals surface area contributed by atoms with Crippen molar-refractivity contribution in [2.75, 3.05) is 39.8 Å². The van der Waals surface area contributed by atoms with Gasteiger partial charge in [-0.1, -0.05) is 23.7 Å². The first kappa shape index (κ1) is 16.7. The zero-order chi connectivity index (χ0) is 17.4. The van der Waals surface area contributed by atoms with Gasteiger partial charge < -0.3 is 10.0 Å². The van der Waals surface area contributed by atoms with Crippen LogP contribution in [0.1, 0.15) is 28.4 Å². The lowest BCUT2D eigenvalue weighted by atomic mass is 9.95. The summed E-state index contributed by atoms with van der Waals surface area (Å²) < 4.78 is 0. The second-order valence-corrected chi connectivity index (χ2v) is 7.22. The molecule has 2 aliphatic rings. The summed E-state index contributed by atoms with van der Waals surface area (Å²) in [7, 11) is 2.16. The van der Waals surface area contributed by atoms with Crippen LogP contribution in [-0.2, 0) is 0 Å². The van der Waals surface area contributed by atoms with E-state index >= 15 is 0 Å². The Hall–Kier alpha value is -1.72. The predicted molar refractivity (Wildman–Crippen MR) is 102 cm³/mol. The molecule has 4 rings (SSSR count). The van der Waals surface area contributed by atoms with Crippen LogP contribution in [0.5, 0.6) is 0 Å². The summed E-state index contributed by atoms with van der Waals surface area (Å²) in [6.45, 7) is 4.06. The lowest BCUT2D eigenvalue weighted by molar-refractivity contribution is 0.125. The van der Waals surface area contributed by atoms with Crippen LogP contribution < -0.4 is 0 Å². The van der Waals surface area contributed by atoms with Crippen molar-refractivity contribution in [2.45, 2.75) is 6.04 Å². The van der Waals surface area contributed by atoms with Crippen LogP contribution in [0.3, 0.4) is 0 Å². The Morgan fingerprint density at radius 1 is 1.20 bits per heavy atom. The predicted octanol–water partition coefficient (Wildman–Crippen LogP) is 2.92. The normalized spacial score (nSPS) is 21.2. The number of rotatable bonds is 2. The fourth-order valence-corrected chi connectivity index (χ4v) is 4.00. The number of nitrogens with zero attached hydrogens (tertiary/aromatic N) is 3. The lowest BCUT2D eigenvalue weighted by Crippen LogP contribution is -2.46. The van der Waals surface area contributed by atoms with Gasteiger partial charge in [0.1, 0.15) is 0 Å². The Bertz CT molecular complexity index is 812. The van der Waals surface area contributed by atoms with Gasteiger partial charge in [-0.3, -0.25) is 9.88 Å². The molecular formula is C20H22ClN3O. The highest BCUT2D eigenvalue weighted by Gasteiger charge is 2.31. The summed E-state index contributed by atoms with van der Waals surface area (Å²) in [5.74, 6) is 0. The van der Waals surface area contributed by atoms with Crippen molar-refractivity contribution in [3.8, 4) is 0 Å². The molecule has 1 fully saturated rings. The fourth-order valence-electron chi connectivity index (χ4n) is 3.82. The molecule has 0 amide bonds. The zero-order valence-corrected chi connectivity index (χ0v) is 15.1. The molecule has 130 valence electrons. The first-order valence-corrected chi connectivity index (χ1v) is 9.04. The number of pyridine rings is 1. The van der Waals surface area contributed by atoms with Crippen molar-refractivity contribution < 1.29 is 5.11 Å². The molecule has 25 heavy (non-hydrogen) atoms. The number of aliphatic hydroxyl groups excluding tert-OH is 1. The van der Waals surface area contributed by atoms with E-state index in [4.69, 9.17) is 16.6 Å². The van der Waals surface area contributed by atoms with Crippen LogP contribution in [-0.4, -0.2) is 59.7 Å². The lowest BCUT2D eigenvalue weighted by Gasteiger charge is -2.38. The topological polar surface area (TPSA) is 39.6 Å². The van der Waals surface area contributed by atoms with Gasteiger partial charge in [0.15, 0.2) is 0 Å². The maximum atomic E-state index is 9.94. The number of likely N-dealkylation sites (N-methyl/N-ethyl adjacent to an activating group) is 1. The largest absolute Gasteiger partial charge is 0.392 e. The quantitative estimate of drug-likeness (QED) is 0.899. The van der Waals surface area contributed by atoms with Gasteiger partial charge >= 0.3 is 0 Å². The van der Waals surface area contributed by atoms with E-state index in [0.717, 1.165) is 48.6 Å². The Morgan fingerprint density at radius 3 is 2.76 bits per heavy atom. The molecule has 1 unspecified atom stereocenters. The summed E-state index contributed by atoms with van der Waals surface area (Å²) >= 11 is 6.26. The monoisotopic (exact) mass is 355 g/mol. The molecule has 1 aliphatic carbocycles. The minimum absolute atomic E-state index is 0.0138. The van der Waals surface area contributed by atoms with Gasteiger partial charge in [0.2, 0.25) is 0 Å². The van der Waals surface area contributed by atoms with E-state index in [-0.39, 0.29) is 12.6 Å². The van der Waals surface area contributed by atoms with E-state index in [1.165, 1.54) is 5.56 Å². The van der Waals surface area contributed by atoms with Crippen molar-refractivity contribution in [3.63, 3.8) is 0 Å². The number of aromatic nitrogens is 1. The summed E-state index contributed by atoms with van der Waals surface area (Å²) in [5, 5.41) is 10.7. The van der Waals surface area contributed by atoms with E-state index in [1.54, 1.807) is 0 Å². The minimum atomic E-state index is -0.0138. The Morgan fingerprint density at radius 2 is 2.00 bits per heavy atom. The smallest absolute Gasteiger partial charge is 0.0789 e. The number of aliphatic hydroxyl groups is 1. The number of halogens is 1.